The van der Waals surface area contributed by atoms with Crippen LogP contribution in [-0.2, 0) is 22.5 Å². The van der Waals surface area contributed by atoms with Crippen LogP contribution in [0.4, 0.5) is 5.69 Å². The van der Waals surface area contributed by atoms with Crippen LogP contribution in [0.3, 0.4) is 0 Å². The molecule has 1 saturated heterocycles. The summed E-state index contributed by atoms with van der Waals surface area (Å²) in [6.07, 6.45) is 4.02. The molecule has 2 unspecified atom stereocenters. The summed E-state index contributed by atoms with van der Waals surface area (Å²) >= 11 is 0. The van der Waals surface area contributed by atoms with Crippen LogP contribution in [0.1, 0.15) is 25.1 Å². The van der Waals surface area contributed by atoms with E-state index in [-0.39, 0.29) is 17.9 Å². The van der Waals surface area contributed by atoms with Gasteiger partial charge in [0.15, 0.2) is 5.82 Å². The van der Waals surface area contributed by atoms with Crippen molar-refractivity contribution in [1.82, 2.24) is 14.8 Å². The Balaban J connectivity index is 1.44. The van der Waals surface area contributed by atoms with Crippen LogP contribution < -0.4 is 11.1 Å². The largest absolute Gasteiger partial charge is 0.376 e. The number of aromatic nitrogens is 3. The molecule has 1 amide bonds. The zero-order chi connectivity index (χ0) is 17.2. The molecule has 0 radical (unpaired) electrons. The lowest BCUT2D eigenvalue weighted by molar-refractivity contribution is -0.119. The predicted octanol–water partition coefficient (Wildman–Crippen LogP) is 1.58. The maximum absolute atomic E-state index is 12.3. The Labute approximate surface area is 146 Å². The third-order valence-electron chi connectivity index (χ3n) is 4.98. The summed E-state index contributed by atoms with van der Waals surface area (Å²) in [5, 5.41) is 11.6. The van der Waals surface area contributed by atoms with Gasteiger partial charge in [-0.25, -0.2) is 0 Å². The van der Waals surface area contributed by atoms with Crippen LogP contribution in [0.15, 0.2) is 24.3 Å². The maximum Gasteiger partial charge on any atom is 0.229 e. The Morgan fingerprint density at radius 2 is 2.12 bits per heavy atom. The molecule has 7 nitrogen and oxygen atoms in total. The molecule has 0 bridgehead atoms. The van der Waals surface area contributed by atoms with Crippen LogP contribution in [0.2, 0.25) is 0 Å². The zero-order valence-corrected chi connectivity index (χ0v) is 14.1. The zero-order valence-electron chi connectivity index (χ0n) is 14.1. The number of rotatable bonds is 4. The van der Waals surface area contributed by atoms with Gasteiger partial charge in [0.1, 0.15) is 5.82 Å². The molecule has 2 aromatic rings. The molecule has 1 aromatic carbocycles. The van der Waals surface area contributed by atoms with Crippen molar-refractivity contribution in [1.29, 1.82) is 0 Å². The van der Waals surface area contributed by atoms with Crippen molar-refractivity contribution in [3.8, 4) is 11.4 Å². The van der Waals surface area contributed by atoms with Gasteiger partial charge in [-0.1, -0.05) is 0 Å². The molecule has 7 heteroatoms. The molecular formula is C18H23N5O2. The summed E-state index contributed by atoms with van der Waals surface area (Å²) in [5.41, 5.74) is 7.39. The molecule has 1 fully saturated rings. The molecule has 2 atom stereocenters. The van der Waals surface area contributed by atoms with E-state index in [1.807, 2.05) is 24.3 Å². The monoisotopic (exact) mass is 341 g/mol. The van der Waals surface area contributed by atoms with Gasteiger partial charge in [-0.15, -0.1) is 10.2 Å². The van der Waals surface area contributed by atoms with Gasteiger partial charge in [-0.2, -0.15) is 0 Å². The lowest BCUT2D eigenvalue weighted by atomic mass is 10.0. The molecule has 0 aliphatic carbocycles. The van der Waals surface area contributed by atoms with Gasteiger partial charge in [0.25, 0.3) is 0 Å². The highest BCUT2D eigenvalue weighted by molar-refractivity contribution is 5.93. The number of nitrogens with one attached hydrogen (secondary N) is 1. The van der Waals surface area contributed by atoms with Crippen LogP contribution in [0.25, 0.3) is 11.4 Å². The summed E-state index contributed by atoms with van der Waals surface area (Å²) in [6.45, 7) is 1.87. The first-order valence-electron chi connectivity index (χ1n) is 8.89. The molecule has 0 saturated carbocycles. The topological polar surface area (TPSA) is 95.1 Å². The van der Waals surface area contributed by atoms with Gasteiger partial charge >= 0.3 is 0 Å². The number of benzene rings is 1. The number of nitrogens with two attached hydrogens (primary N) is 1. The molecular weight excluding hydrogens is 318 g/mol. The van der Waals surface area contributed by atoms with Crippen molar-refractivity contribution in [3.63, 3.8) is 0 Å². The Morgan fingerprint density at radius 3 is 2.88 bits per heavy atom. The molecule has 25 heavy (non-hydrogen) atoms. The minimum absolute atomic E-state index is 0.00255. The van der Waals surface area contributed by atoms with Crippen LogP contribution in [0, 0.1) is 5.92 Å². The van der Waals surface area contributed by atoms with E-state index in [1.165, 1.54) is 12.8 Å². The molecule has 0 spiro atoms. The van der Waals surface area contributed by atoms with Gasteiger partial charge < -0.3 is 20.4 Å². The van der Waals surface area contributed by atoms with E-state index in [1.54, 1.807) is 0 Å². The maximum atomic E-state index is 12.3. The van der Waals surface area contributed by atoms with Crippen molar-refractivity contribution in [2.24, 2.45) is 11.7 Å². The minimum atomic E-state index is -0.128. The molecule has 1 aromatic heterocycles. The van der Waals surface area contributed by atoms with Gasteiger partial charge in [0.05, 0.1) is 18.6 Å². The van der Waals surface area contributed by atoms with E-state index in [9.17, 15) is 4.79 Å². The Morgan fingerprint density at radius 1 is 1.28 bits per heavy atom. The van der Waals surface area contributed by atoms with Crippen molar-refractivity contribution in [3.05, 3.63) is 30.1 Å². The summed E-state index contributed by atoms with van der Waals surface area (Å²) in [5.74, 6) is 1.83. The lowest BCUT2D eigenvalue weighted by Gasteiger charge is -2.15. The Hall–Kier alpha value is -2.25. The number of hydrogen-bond donors (Lipinski definition) is 2. The first kappa shape index (κ1) is 16.2. The predicted molar refractivity (Wildman–Crippen MR) is 93.9 cm³/mol. The van der Waals surface area contributed by atoms with E-state index < -0.39 is 0 Å². The number of anilines is 1. The molecule has 3 heterocycles. The standard InChI is InChI=1S/C18H23N5O2/c19-10-15-9-13(11-25-15)18(24)20-14-6-4-12(5-7-14)17-22-21-16-3-1-2-8-23(16)17/h4-7,13,15H,1-3,8-11,19H2,(H,20,24). The SMILES string of the molecule is NCC1CC(C(=O)Nc2ccc(-c3nnc4n3CCCC4)cc2)CO1. The van der Waals surface area contributed by atoms with Crippen LogP contribution in [-0.4, -0.2) is 39.9 Å². The number of amides is 1. The molecule has 2 aliphatic heterocycles. The highest BCUT2D eigenvalue weighted by Gasteiger charge is 2.30. The van der Waals surface area contributed by atoms with Crippen LogP contribution in [0.5, 0.6) is 0 Å². The van der Waals surface area contributed by atoms with E-state index >= 15 is 0 Å². The van der Waals surface area contributed by atoms with Crippen molar-refractivity contribution in [2.75, 3.05) is 18.5 Å². The number of fused-ring (bicyclic) bond motifs is 1. The van der Waals surface area contributed by atoms with Crippen molar-refractivity contribution < 1.29 is 9.53 Å². The summed E-state index contributed by atoms with van der Waals surface area (Å²) in [6, 6.07) is 7.78. The fourth-order valence-electron chi connectivity index (χ4n) is 3.52. The lowest BCUT2D eigenvalue weighted by Crippen LogP contribution is -2.24. The number of carbonyl (C=O) groups is 1. The van der Waals surface area contributed by atoms with E-state index in [0.29, 0.717) is 19.6 Å². The summed E-state index contributed by atoms with van der Waals surface area (Å²) in [7, 11) is 0. The van der Waals surface area contributed by atoms with Gasteiger partial charge in [0, 0.05) is 30.8 Å². The average Bonchev–Trinajstić information content (AvgIpc) is 3.29. The number of ether oxygens (including phenoxy) is 1. The second kappa shape index (κ2) is 6.93. The van der Waals surface area contributed by atoms with Crippen LogP contribution >= 0.6 is 0 Å². The highest BCUT2D eigenvalue weighted by Crippen LogP contribution is 2.25. The molecule has 3 N–H and O–H groups in total. The fourth-order valence-corrected chi connectivity index (χ4v) is 3.52. The first-order valence-corrected chi connectivity index (χ1v) is 8.89. The third kappa shape index (κ3) is 3.29. The fraction of sp³-hybridized carbons (Fsp3) is 0.500. The van der Waals surface area contributed by atoms with Crippen molar-refractivity contribution >= 4 is 11.6 Å². The van der Waals surface area contributed by atoms with Crippen molar-refractivity contribution in [2.45, 2.75) is 38.3 Å². The molecule has 2 aliphatic rings. The Kier molecular flexibility index (Phi) is 4.50. The Bertz CT molecular complexity index is 755. The third-order valence-corrected chi connectivity index (χ3v) is 4.98. The molecule has 132 valence electrons. The van der Waals surface area contributed by atoms with E-state index in [0.717, 1.165) is 35.9 Å². The highest BCUT2D eigenvalue weighted by atomic mass is 16.5. The number of aryl methyl sites for hydroxylation is 1. The normalized spacial score (nSPS) is 22.6. The quantitative estimate of drug-likeness (QED) is 0.880. The average molecular weight is 341 g/mol. The summed E-state index contributed by atoms with van der Waals surface area (Å²) in [4.78, 5) is 12.3. The second-order valence-corrected chi connectivity index (χ2v) is 6.74. The second-order valence-electron chi connectivity index (χ2n) is 6.74. The van der Waals surface area contributed by atoms with E-state index in [2.05, 4.69) is 20.1 Å². The number of hydrogen-bond acceptors (Lipinski definition) is 5. The minimum Gasteiger partial charge on any atom is -0.376 e. The van der Waals surface area contributed by atoms with Gasteiger partial charge in [0.2, 0.25) is 5.91 Å². The first-order chi connectivity index (χ1) is 12.2. The van der Waals surface area contributed by atoms with Gasteiger partial charge in [-0.3, -0.25) is 4.79 Å². The molecule has 4 rings (SSSR count). The van der Waals surface area contributed by atoms with E-state index in [4.69, 9.17) is 10.5 Å². The summed E-state index contributed by atoms with van der Waals surface area (Å²) < 4.78 is 7.69. The number of nitrogens with zero attached hydrogens (tertiary/aromatic N) is 3. The van der Waals surface area contributed by atoms with Gasteiger partial charge in [-0.05, 0) is 43.5 Å². The number of carbonyl (C=O) groups excluding carboxylic acids is 1. The smallest absolute Gasteiger partial charge is 0.229 e.